The number of hydrogen-bond acceptors (Lipinski definition) is 3. The van der Waals surface area contributed by atoms with Gasteiger partial charge in [0.1, 0.15) is 5.82 Å². The predicted octanol–water partition coefficient (Wildman–Crippen LogP) is 2.93. The van der Waals surface area contributed by atoms with Crippen molar-refractivity contribution >= 4 is 15.9 Å². The van der Waals surface area contributed by atoms with Crippen LogP contribution in [0.2, 0.25) is 0 Å². The van der Waals surface area contributed by atoms with Gasteiger partial charge in [0, 0.05) is 10.0 Å². The average Bonchev–Trinajstić information content (AvgIpc) is 2.77. The molecule has 0 amide bonds. The van der Waals surface area contributed by atoms with Gasteiger partial charge >= 0.3 is 0 Å². The van der Waals surface area contributed by atoms with Crippen molar-refractivity contribution in [1.29, 1.82) is 0 Å². The van der Waals surface area contributed by atoms with Gasteiger partial charge in [-0.05, 0) is 36.2 Å². The fourth-order valence-corrected chi connectivity index (χ4v) is 2.22. The van der Waals surface area contributed by atoms with E-state index in [1.54, 1.807) is 12.5 Å². The minimum absolute atomic E-state index is 0.0950. The first-order valence-corrected chi connectivity index (χ1v) is 5.91. The van der Waals surface area contributed by atoms with Crippen LogP contribution in [0.3, 0.4) is 0 Å². The van der Waals surface area contributed by atoms with Crippen molar-refractivity contribution in [3.8, 4) is 0 Å². The van der Waals surface area contributed by atoms with Crippen LogP contribution in [0.15, 0.2) is 45.7 Å². The summed E-state index contributed by atoms with van der Waals surface area (Å²) in [5, 5.41) is 0. The standard InChI is InChI=1S/C12H12BrFN2O/c13-10-3-8(4-11(14)6-10)5-12(16-15)9-1-2-17-7-9/h1-4,6-7,12,16H,5,15H2. The van der Waals surface area contributed by atoms with Crippen molar-refractivity contribution in [2.75, 3.05) is 0 Å². The van der Waals surface area contributed by atoms with Crippen LogP contribution in [-0.2, 0) is 6.42 Å². The summed E-state index contributed by atoms with van der Waals surface area (Å²) in [4.78, 5) is 0. The molecule has 1 aromatic carbocycles. The lowest BCUT2D eigenvalue weighted by atomic mass is 10.0. The van der Waals surface area contributed by atoms with E-state index in [2.05, 4.69) is 21.4 Å². The molecule has 0 saturated carbocycles. The van der Waals surface area contributed by atoms with Gasteiger partial charge in [-0.25, -0.2) is 4.39 Å². The summed E-state index contributed by atoms with van der Waals surface area (Å²) in [6.07, 6.45) is 3.80. The molecule has 1 atom stereocenters. The molecule has 3 nitrogen and oxygen atoms in total. The molecule has 0 aliphatic carbocycles. The quantitative estimate of drug-likeness (QED) is 0.674. The van der Waals surface area contributed by atoms with Gasteiger partial charge in [0.2, 0.25) is 0 Å². The van der Waals surface area contributed by atoms with Crippen molar-refractivity contribution in [3.63, 3.8) is 0 Å². The molecule has 0 bridgehead atoms. The minimum atomic E-state index is -0.266. The Labute approximate surface area is 107 Å². The molecule has 3 N–H and O–H groups in total. The van der Waals surface area contributed by atoms with Gasteiger partial charge in [-0.1, -0.05) is 15.9 Å². The van der Waals surface area contributed by atoms with Gasteiger partial charge in [0.05, 0.1) is 18.6 Å². The molecule has 1 unspecified atom stereocenters. The number of halogens is 2. The molecule has 1 aromatic heterocycles. The lowest BCUT2D eigenvalue weighted by Gasteiger charge is -2.14. The zero-order valence-corrected chi connectivity index (χ0v) is 10.6. The summed E-state index contributed by atoms with van der Waals surface area (Å²) < 4.78 is 18.9. The van der Waals surface area contributed by atoms with Crippen molar-refractivity contribution in [2.45, 2.75) is 12.5 Å². The van der Waals surface area contributed by atoms with Crippen LogP contribution in [-0.4, -0.2) is 0 Å². The lowest BCUT2D eigenvalue weighted by molar-refractivity contribution is 0.524. The summed E-state index contributed by atoms with van der Waals surface area (Å²) in [6.45, 7) is 0. The Balaban J connectivity index is 2.18. The van der Waals surface area contributed by atoms with Crippen LogP contribution in [0.5, 0.6) is 0 Å². The maximum absolute atomic E-state index is 13.2. The molecule has 1 heterocycles. The summed E-state index contributed by atoms with van der Waals surface area (Å²) >= 11 is 3.26. The highest BCUT2D eigenvalue weighted by Gasteiger charge is 2.12. The molecular formula is C12H12BrFN2O. The Morgan fingerprint density at radius 1 is 1.41 bits per heavy atom. The van der Waals surface area contributed by atoms with E-state index in [1.165, 1.54) is 12.1 Å². The molecule has 2 aromatic rings. The van der Waals surface area contributed by atoms with Crippen molar-refractivity contribution in [3.05, 3.63) is 58.2 Å². The Hall–Kier alpha value is -1.17. The predicted molar refractivity (Wildman–Crippen MR) is 66.6 cm³/mol. The third kappa shape index (κ3) is 3.15. The van der Waals surface area contributed by atoms with Gasteiger partial charge in [-0.15, -0.1) is 0 Å². The SMILES string of the molecule is NNC(Cc1cc(F)cc(Br)c1)c1ccoc1. The van der Waals surface area contributed by atoms with E-state index >= 15 is 0 Å². The molecule has 0 spiro atoms. The topological polar surface area (TPSA) is 51.2 Å². The van der Waals surface area contributed by atoms with E-state index in [4.69, 9.17) is 10.3 Å². The highest BCUT2D eigenvalue weighted by Crippen LogP contribution is 2.21. The van der Waals surface area contributed by atoms with Gasteiger partial charge in [-0.2, -0.15) is 0 Å². The fraction of sp³-hybridized carbons (Fsp3) is 0.167. The summed E-state index contributed by atoms with van der Waals surface area (Å²) in [6, 6.07) is 6.52. The summed E-state index contributed by atoms with van der Waals surface area (Å²) in [7, 11) is 0. The first-order valence-electron chi connectivity index (χ1n) is 5.12. The monoisotopic (exact) mass is 298 g/mol. The Morgan fingerprint density at radius 3 is 2.82 bits per heavy atom. The molecular weight excluding hydrogens is 287 g/mol. The van der Waals surface area contributed by atoms with E-state index in [0.29, 0.717) is 6.42 Å². The number of hydrazine groups is 1. The Kier molecular flexibility index (Phi) is 3.93. The number of nitrogens with two attached hydrogens (primary N) is 1. The highest BCUT2D eigenvalue weighted by atomic mass is 79.9. The first-order chi connectivity index (χ1) is 8.19. The van der Waals surface area contributed by atoms with Crippen LogP contribution in [0.4, 0.5) is 4.39 Å². The maximum atomic E-state index is 13.2. The number of benzene rings is 1. The molecule has 90 valence electrons. The van der Waals surface area contributed by atoms with Crippen LogP contribution < -0.4 is 11.3 Å². The fourth-order valence-electron chi connectivity index (χ4n) is 1.71. The Morgan fingerprint density at radius 2 is 2.24 bits per heavy atom. The average molecular weight is 299 g/mol. The number of furan rings is 1. The van der Waals surface area contributed by atoms with E-state index in [0.717, 1.165) is 15.6 Å². The van der Waals surface area contributed by atoms with Crippen molar-refractivity contribution in [2.24, 2.45) is 5.84 Å². The van der Waals surface area contributed by atoms with Crippen LogP contribution in [0.1, 0.15) is 17.2 Å². The summed E-state index contributed by atoms with van der Waals surface area (Å²) in [5.74, 6) is 5.22. The number of hydrogen-bond donors (Lipinski definition) is 2. The second-order valence-electron chi connectivity index (χ2n) is 3.76. The van der Waals surface area contributed by atoms with Gasteiger partial charge in [0.25, 0.3) is 0 Å². The van der Waals surface area contributed by atoms with E-state index < -0.39 is 0 Å². The molecule has 0 aliphatic heterocycles. The normalized spacial score (nSPS) is 12.6. The first kappa shape index (κ1) is 12.3. The van der Waals surface area contributed by atoms with Gasteiger partial charge in [-0.3, -0.25) is 11.3 Å². The minimum Gasteiger partial charge on any atom is -0.472 e. The Bertz CT molecular complexity index is 467. The summed E-state index contributed by atoms with van der Waals surface area (Å²) in [5.41, 5.74) is 4.49. The zero-order valence-electron chi connectivity index (χ0n) is 8.99. The molecule has 17 heavy (non-hydrogen) atoms. The molecule has 0 saturated heterocycles. The van der Waals surface area contributed by atoms with E-state index in [-0.39, 0.29) is 11.9 Å². The second kappa shape index (κ2) is 5.44. The van der Waals surface area contributed by atoms with E-state index in [1.807, 2.05) is 12.1 Å². The molecule has 0 fully saturated rings. The van der Waals surface area contributed by atoms with Crippen LogP contribution >= 0.6 is 15.9 Å². The second-order valence-corrected chi connectivity index (χ2v) is 4.67. The lowest BCUT2D eigenvalue weighted by Crippen LogP contribution is -2.29. The van der Waals surface area contributed by atoms with E-state index in [9.17, 15) is 4.39 Å². The van der Waals surface area contributed by atoms with Crippen molar-refractivity contribution in [1.82, 2.24) is 5.43 Å². The molecule has 5 heteroatoms. The smallest absolute Gasteiger partial charge is 0.124 e. The van der Waals surface area contributed by atoms with Crippen LogP contribution in [0, 0.1) is 5.82 Å². The number of nitrogens with one attached hydrogen (secondary N) is 1. The molecule has 0 radical (unpaired) electrons. The number of rotatable bonds is 4. The largest absolute Gasteiger partial charge is 0.472 e. The maximum Gasteiger partial charge on any atom is 0.124 e. The molecule has 0 aliphatic rings. The van der Waals surface area contributed by atoms with Gasteiger partial charge < -0.3 is 4.42 Å². The zero-order chi connectivity index (χ0) is 12.3. The van der Waals surface area contributed by atoms with Crippen LogP contribution in [0.25, 0.3) is 0 Å². The van der Waals surface area contributed by atoms with Gasteiger partial charge in [0.15, 0.2) is 0 Å². The molecule has 2 rings (SSSR count). The van der Waals surface area contributed by atoms with Crippen molar-refractivity contribution < 1.29 is 8.81 Å². The highest BCUT2D eigenvalue weighted by molar-refractivity contribution is 9.10. The third-order valence-electron chi connectivity index (χ3n) is 2.51. The third-order valence-corrected chi connectivity index (χ3v) is 2.97.